The molecular formula is C18H32O2. The molecule has 0 aliphatic carbocycles. The van der Waals surface area contributed by atoms with Crippen molar-refractivity contribution in [3.05, 3.63) is 41.0 Å². The highest BCUT2D eigenvalue weighted by atomic mass is 16.5. The van der Waals surface area contributed by atoms with E-state index in [4.69, 9.17) is 9.47 Å². The van der Waals surface area contributed by atoms with E-state index in [0.29, 0.717) is 13.2 Å². The van der Waals surface area contributed by atoms with Crippen molar-refractivity contribution in [2.75, 3.05) is 20.3 Å². The van der Waals surface area contributed by atoms with Crippen LogP contribution in [0.1, 0.15) is 44.4 Å². The summed E-state index contributed by atoms with van der Waals surface area (Å²) in [6.07, 6.45) is 3.93. The van der Waals surface area contributed by atoms with Crippen LogP contribution in [-0.4, -0.2) is 20.3 Å². The minimum atomic E-state index is 0.591. The first-order valence-corrected chi connectivity index (χ1v) is 7.49. The average molecular weight is 280 g/mol. The minimum Gasteiger partial charge on any atom is -0.489 e. The van der Waals surface area contributed by atoms with Gasteiger partial charge < -0.3 is 9.47 Å². The monoisotopic (exact) mass is 280 g/mol. The Morgan fingerprint density at radius 2 is 1.30 bits per heavy atom. The number of hydrogen-bond acceptors (Lipinski definition) is 2. The molecule has 0 aliphatic heterocycles. The van der Waals surface area contributed by atoms with Crippen LogP contribution < -0.4 is 4.74 Å². The minimum absolute atomic E-state index is 0.591. The van der Waals surface area contributed by atoms with Gasteiger partial charge in [0, 0.05) is 7.11 Å². The van der Waals surface area contributed by atoms with Gasteiger partial charge in [-0.25, -0.2) is 0 Å². The van der Waals surface area contributed by atoms with Crippen LogP contribution in [0.2, 0.25) is 0 Å². The van der Waals surface area contributed by atoms with Crippen molar-refractivity contribution < 1.29 is 9.47 Å². The summed E-state index contributed by atoms with van der Waals surface area (Å²) in [7, 11) is 1.68. The summed E-state index contributed by atoms with van der Waals surface area (Å²) in [5.41, 5.74) is 3.66. The van der Waals surface area contributed by atoms with Gasteiger partial charge >= 0.3 is 0 Å². The fourth-order valence-electron chi connectivity index (χ4n) is 1.76. The van der Waals surface area contributed by atoms with Crippen LogP contribution in [0.15, 0.2) is 24.3 Å². The smallest absolute Gasteiger partial charge is 0.125 e. The molecule has 20 heavy (non-hydrogen) atoms. The lowest BCUT2D eigenvalue weighted by molar-refractivity contribution is 0.233. The molecule has 0 heterocycles. The topological polar surface area (TPSA) is 18.5 Å². The van der Waals surface area contributed by atoms with Gasteiger partial charge in [0.1, 0.15) is 12.4 Å². The largest absolute Gasteiger partial charge is 0.489 e. The zero-order valence-electron chi connectivity index (χ0n) is 14.5. The van der Waals surface area contributed by atoms with E-state index in [1.54, 1.807) is 7.11 Å². The van der Waals surface area contributed by atoms with Crippen molar-refractivity contribution in [1.82, 2.24) is 0 Å². The third kappa shape index (κ3) is 8.76. The van der Waals surface area contributed by atoms with Crippen molar-refractivity contribution in [3.63, 3.8) is 0 Å². The second-order valence-corrected chi connectivity index (χ2v) is 3.97. The van der Waals surface area contributed by atoms with E-state index in [2.05, 4.69) is 32.9 Å². The Morgan fingerprint density at radius 1 is 0.850 bits per heavy atom. The molecule has 0 spiro atoms. The Kier molecular flexibility index (Phi) is 14.9. The highest BCUT2D eigenvalue weighted by molar-refractivity contribution is 5.42. The van der Waals surface area contributed by atoms with Gasteiger partial charge in [-0.05, 0) is 38.0 Å². The fraction of sp³-hybridized carbons (Fsp3) is 0.556. The van der Waals surface area contributed by atoms with Gasteiger partial charge in [-0.15, -0.1) is 0 Å². The second kappa shape index (κ2) is 14.1. The molecule has 0 bridgehead atoms. The van der Waals surface area contributed by atoms with Crippen LogP contribution in [0.4, 0.5) is 0 Å². The average Bonchev–Trinajstić information content (AvgIpc) is 2.45. The first kappa shape index (κ1) is 21.0. The summed E-state index contributed by atoms with van der Waals surface area (Å²) >= 11 is 0. The van der Waals surface area contributed by atoms with Gasteiger partial charge in [-0.1, -0.05) is 51.5 Å². The van der Waals surface area contributed by atoms with E-state index < -0.39 is 0 Å². The van der Waals surface area contributed by atoms with E-state index in [9.17, 15) is 0 Å². The van der Waals surface area contributed by atoms with Crippen molar-refractivity contribution in [1.29, 1.82) is 0 Å². The maximum Gasteiger partial charge on any atom is 0.125 e. The van der Waals surface area contributed by atoms with Gasteiger partial charge in [-0.2, -0.15) is 0 Å². The Labute approximate surface area is 125 Å². The van der Waals surface area contributed by atoms with Crippen molar-refractivity contribution >= 4 is 0 Å². The van der Waals surface area contributed by atoms with E-state index >= 15 is 0 Å². The lowest BCUT2D eigenvalue weighted by atomic mass is 10.1. The van der Waals surface area contributed by atoms with E-state index in [0.717, 1.165) is 5.75 Å². The molecule has 0 saturated heterocycles. The molecule has 0 fully saturated rings. The summed E-state index contributed by atoms with van der Waals surface area (Å²) in [5, 5.41) is 0. The van der Waals surface area contributed by atoms with Crippen molar-refractivity contribution in [2.24, 2.45) is 0 Å². The molecule has 0 aromatic heterocycles. The number of hydrogen-bond donors (Lipinski definition) is 0. The number of methoxy groups -OCH3 is 1. The lowest BCUT2D eigenvalue weighted by Crippen LogP contribution is -1.99. The van der Waals surface area contributed by atoms with Gasteiger partial charge in [0.05, 0.1) is 6.61 Å². The Morgan fingerprint density at radius 3 is 1.75 bits per heavy atom. The summed E-state index contributed by atoms with van der Waals surface area (Å²) in [4.78, 5) is 0. The third-order valence-electron chi connectivity index (χ3n) is 2.36. The maximum absolute atomic E-state index is 5.73. The summed E-state index contributed by atoms with van der Waals surface area (Å²) in [6.45, 7) is 15.5. The summed E-state index contributed by atoms with van der Waals surface area (Å²) in [6, 6.07) is 4.28. The van der Waals surface area contributed by atoms with Gasteiger partial charge in [0.25, 0.3) is 0 Å². The molecule has 116 valence electrons. The van der Waals surface area contributed by atoms with E-state index in [-0.39, 0.29) is 0 Å². The first-order chi connectivity index (χ1) is 9.65. The van der Waals surface area contributed by atoms with Crippen molar-refractivity contribution in [3.8, 4) is 5.75 Å². The highest BCUT2D eigenvalue weighted by Gasteiger charge is 2.03. The number of aryl methyl sites for hydroxylation is 3. The Bertz CT molecular complexity index is 345. The molecule has 2 heteroatoms. The van der Waals surface area contributed by atoms with Gasteiger partial charge in [-0.3, -0.25) is 0 Å². The molecular weight excluding hydrogens is 248 g/mol. The molecule has 0 saturated carbocycles. The quantitative estimate of drug-likeness (QED) is 0.686. The zero-order chi connectivity index (χ0) is 16.0. The summed E-state index contributed by atoms with van der Waals surface area (Å²) < 4.78 is 10.6. The molecule has 1 aromatic carbocycles. The Hall–Kier alpha value is -1.28. The first-order valence-electron chi connectivity index (χ1n) is 7.49. The van der Waals surface area contributed by atoms with E-state index in [1.807, 2.05) is 39.8 Å². The number of rotatable bonds is 5. The van der Waals surface area contributed by atoms with Crippen LogP contribution in [0.3, 0.4) is 0 Å². The maximum atomic E-state index is 5.73. The van der Waals surface area contributed by atoms with Crippen LogP contribution >= 0.6 is 0 Å². The van der Waals surface area contributed by atoms with Crippen LogP contribution in [0.25, 0.3) is 0 Å². The highest BCUT2D eigenvalue weighted by Crippen LogP contribution is 2.24. The van der Waals surface area contributed by atoms with Crippen LogP contribution in [0.5, 0.6) is 5.75 Å². The van der Waals surface area contributed by atoms with Crippen LogP contribution in [-0.2, 0) is 4.74 Å². The van der Waals surface area contributed by atoms with Crippen LogP contribution in [0, 0.1) is 20.8 Å². The zero-order valence-corrected chi connectivity index (χ0v) is 14.5. The number of ether oxygens (including phenoxy) is 2. The van der Waals surface area contributed by atoms with Gasteiger partial charge in [0.2, 0.25) is 0 Å². The molecule has 1 rings (SSSR count). The van der Waals surface area contributed by atoms with E-state index in [1.165, 1.54) is 16.7 Å². The Balaban J connectivity index is 0. The number of benzene rings is 1. The van der Waals surface area contributed by atoms with Crippen molar-refractivity contribution in [2.45, 2.75) is 48.5 Å². The molecule has 0 radical (unpaired) electrons. The predicted octanol–water partition coefficient (Wildman–Crippen LogP) is 5.25. The molecule has 0 atom stereocenters. The molecule has 0 aliphatic rings. The molecule has 2 nitrogen and oxygen atoms in total. The standard InChI is InChI=1S/C14H20O2.2C2H6/c1-11-9-12(2)14(13(3)10-11)16-8-6-5-7-15-4;2*1-2/h5-6,9-10H,7-8H2,1-4H3;2*1-2H3/b6-5+;;. The third-order valence-corrected chi connectivity index (χ3v) is 2.36. The molecule has 0 unspecified atom stereocenters. The normalized spacial score (nSPS) is 9.40. The lowest BCUT2D eigenvalue weighted by Gasteiger charge is -2.11. The summed E-state index contributed by atoms with van der Waals surface area (Å²) in [5.74, 6) is 0.993. The molecule has 1 aromatic rings. The predicted molar refractivity (Wildman–Crippen MR) is 89.9 cm³/mol. The SMILES string of the molecule is CC.CC.COC/C=C/COc1c(C)cc(C)cc1C. The molecule has 0 N–H and O–H groups in total. The second-order valence-electron chi connectivity index (χ2n) is 3.97. The fourth-order valence-corrected chi connectivity index (χ4v) is 1.76. The van der Waals surface area contributed by atoms with Gasteiger partial charge in [0.15, 0.2) is 0 Å². The molecule has 0 amide bonds.